The van der Waals surface area contributed by atoms with Crippen LogP contribution in [0.2, 0.25) is 5.02 Å². The van der Waals surface area contributed by atoms with Gasteiger partial charge in [-0.05, 0) is 54.7 Å². The molecule has 0 spiro atoms. The number of hydrogen-bond acceptors (Lipinski definition) is 2. The Morgan fingerprint density at radius 3 is 2.62 bits per heavy atom. The Morgan fingerprint density at radius 1 is 1.14 bits per heavy atom. The quantitative estimate of drug-likeness (QED) is 0.849. The Bertz CT molecular complexity index is 622. The molecule has 2 nitrogen and oxygen atoms in total. The van der Waals surface area contributed by atoms with Crippen LogP contribution in [-0.4, -0.2) is 6.04 Å². The van der Waals surface area contributed by atoms with Crippen LogP contribution in [0.4, 0.5) is 0 Å². The van der Waals surface area contributed by atoms with Gasteiger partial charge in [0.25, 0.3) is 0 Å². The summed E-state index contributed by atoms with van der Waals surface area (Å²) in [6, 6.07) is 14.9. The monoisotopic (exact) mass is 301 g/mol. The first-order chi connectivity index (χ1) is 10.2. The van der Waals surface area contributed by atoms with Crippen LogP contribution in [0.25, 0.3) is 0 Å². The molecule has 1 N–H and O–H groups in total. The predicted octanol–water partition coefficient (Wildman–Crippen LogP) is 4.48. The van der Waals surface area contributed by atoms with Gasteiger partial charge in [-0.1, -0.05) is 35.9 Å². The molecule has 0 bridgehead atoms. The second-order valence-electron chi connectivity index (χ2n) is 5.62. The van der Waals surface area contributed by atoms with Gasteiger partial charge in [0, 0.05) is 17.6 Å². The van der Waals surface area contributed by atoms with Crippen molar-refractivity contribution in [3.8, 4) is 5.75 Å². The maximum Gasteiger partial charge on any atom is 0.120 e. The van der Waals surface area contributed by atoms with Crippen LogP contribution in [0.15, 0.2) is 42.5 Å². The van der Waals surface area contributed by atoms with E-state index in [1.54, 1.807) is 0 Å². The van der Waals surface area contributed by atoms with E-state index in [0.29, 0.717) is 6.61 Å². The fourth-order valence-corrected chi connectivity index (χ4v) is 2.40. The number of rotatable bonds is 6. The molecule has 1 saturated carbocycles. The third-order valence-corrected chi connectivity index (χ3v) is 4.22. The van der Waals surface area contributed by atoms with Crippen LogP contribution < -0.4 is 10.1 Å². The largest absolute Gasteiger partial charge is 0.489 e. The van der Waals surface area contributed by atoms with Crippen LogP contribution in [0, 0.1) is 6.92 Å². The van der Waals surface area contributed by atoms with Gasteiger partial charge >= 0.3 is 0 Å². The Morgan fingerprint density at radius 2 is 1.90 bits per heavy atom. The predicted molar refractivity (Wildman–Crippen MR) is 86.8 cm³/mol. The van der Waals surface area contributed by atoms with Gasteiger partial charge in [0.1, 0.15) is 12.4 Å². The van der Waals surface area contributed by atoms with E-state index in [0.717, 1.165) is 28.9 Å². The van der Waals surface area contributed by atoms with Gasteiger partial charge < -0.3 is 10.1 Å². The molecule has 3 heteroatoms. The molecular formula is C18H20ClNO. The maximum absolute atomic E-state index is 6.04. The lowest BCUT2D eigenvalue weighted by Crippen LogP contribution is -2.16. The molecule has 0 saturated heterocycles. The van der Waals surface area contributed by atoms with Crippen LogP contribution in [-0.2, 0) is 13.2 Å². The first-order valence-electron chi connectivity index (χ1n) is 7.41. The minimum atomic E-state index is 0.587. The third-order valence-electron chi connectivity index (χ3n) is 3.80. The van der Waals surface area contributed by atoms with Crippen molar-refractivity contribution >= 4 is 11.6 Å². The van der Waals surface area contributed by atoms with Crippen molar-refractivity contribution in [1.29, 1.82) is 0 Å². The standard InChI is InChI=1S/C18H20ClNO/c1-13-10-17(8-9-18(13)19)21-12-15-5-3-2-4-14(15)11-20-16-6-7-16/h2-5,8-10,16,20H,6-7,11-12H2,1H3. The van der Waals surface area contributed by atoms with E-state index in [4.69, 9.17) is 16.3 Å². The Kier molecular flexibility index (Phi) is 4.47. The molecule has 0 aromatic heterocycles. The lowest BCUT2D eigenvalue weighted by molar-refractivity contribution is 0.304. The molecule has 3 rings (SSSR count). The molecule has 2 aromatic carbocycles. The van der Waals surface area contributed by atoms with Crippen molar-refractivity contribution in [1.82, 2.24) is 5.32 Å². The molecule has 0 atom stereocenters. The van der Waals surface area contributed by atoms with Crippen molar-refractivity contribution in [2.45, 2.75) is 39.0 Å². The fourth-order valence-electron chi connectivity index (χ4n) is 2.28. The average molecular weight is 302 g/mol. The summed E-state index contributed by atoms with van der Waals surface area (Å²) in [6.07, 6.45) is 2.62. The Hall–Kier alpha value is -1.51. The third kappa shape index (κ3) is 3.99. The average Bonchev–Trinajstić information content (AvgIpc) is 3.31. The summed E-state index contributed by atoms with van der Waals surface area (Å²) >= 11 is 6.04. The highest BCUT2D eigenvalue weighted by atomic mass is 35.5. The maximum atomic E-state index is 6.04. The lowest BCUT2D eigenvalue weighted by Gasteiger charge is -2.12. The number of ether oxygens (including phenoxy) is 1. The second kappa shape index (κ2) is 6.50. The molecule has 21 heavy (non-hydrogen) atoms. The second-order valence-corrected chi connectivity index (χ2v) is 6.03. The SMILES string of the molecule is Cc1cc(OCc2ccccc2CNC2CC2)ccc1Cl. The summed E-state index contributed by atoms with van der Waals surface area (Å²) in [5.74, 6) is 0.863. The van der Waals surface area contributed by atoms with E-state index in [9.17, 15) is 0 Å². The summed E-state index contributed by atoms with van der Waals surface area (Å²) in [4.78, 5) is 0. The lowest BCUT2D eigenvalue weighted by atomic mass is 10.1. The number of halogens is 1. The van der Waals surface area contributed by atoms with Crippen molar-refractivity contribution in [3.63, 3.8) is 0 Å². The highest BCUT2D eigenvalue weighted by Crippen LogP contribution is 2.23. The van der Waals surface area contributed by atoms with E-state index in [2.05, 4.69) is 29.6 Å². The van der Waals surface area contributed by atoms with E-state index < -0.39 is 0 Å². The van der Waals surface area contributed by atoms with Crippen LogP contribution >= 0.6 is 11.6 Å². The number of aryl methyl sites for hydroxylation is 1. The normalized spacial score (nSPS) is 14.2. The van der Waals surface area contributed by atoms with Gasteiger partial charge in [0.15, 0.2) is 0 Å². The fraction of sp³-hybridized carbons (Fsp3) is 0.333. The molecule has 1 aliphatic rings. The molecule has 0 heterocycles. The minimum absolute atomic E-state index is 0.587. The van der Waals surface area contributed by atoms with Crippen molar-refractivity contribution in [2.75, 3.05) is 0 Å². The smallest absolute Gasteiger partial charge is 0.120 e. The highest BCUT2D eigenvalue weighted by molar-refractivity contribution is 6.31. The summed E-state index contributed by atoms with van der Waals surface area (Å²) in [6.45, 7) is 3.50. The highest BCUT2D eigenvalue weighted by Gasteiger charge is 2.20. The van der Waals surface area contributed by atoms with Crippen molar-refractivity contribution < 1.29 is 4.74 Å². The zero-order valence-electron chi connectivity index (χ0n) is 12.2. The molecule has 2 aromatic rings. The van der Waals surface area contributed by atoms with Gasteiger partial charge in [-0.2, -0.15) is 0 Å². The molecule has 0 unspecified atom stereocenters. The first kappa shape index (κ1) is 14.4. The molecule has 110 valence electrons. The van der Waals surface area contributed by atoms with Crippen LogP contribution in [0.3, 0.4) is 0 Å². The van der Waals surface area contributed by atoms with E-state index in [1.165, 1.54) is 24.0 Å². The van der Waals surface area contributed by atoms with Gasteiger partial charge in [-0.25, -0.2) is 0 Å². The number of hydrogen-bond donors (Lipinski definition) is 1. The molecule has 1 aliphatic carbocycles. The molecular weight excluding hydrogens is 282 g/mol. The summed E-state index contributed by atoms with van der Waals surface area (Å²) in [5, 5.41) is 4.33. The van der Waals surface area contributed by atoms with Gasteiger partial charge in [0.2, 0.25) is 0 Å². The molecule has 0 aliphatic heterocycles. The van der Waals surface area contributed by atoms with Crippen molar-refractivity contribution in [2.24, 2.45) is 0 Å². The van der Waals surface area contributed by atoms with Gasteiger partial charge in [0.05, 0.1) is 0 Å². The van der Waals surface area contributed by atoms with Crippen molar-refractivity contribution in [3.05, 3.63) is 64.2 Å². The number of nitrogens with one attached hydrogen (secondary N) is 1. The summed E-state index contributed by atoms with van der Waals surface area (Å²) in [5.41, 5.74) is 3.59. The van der Waals surface area contributed by atoms with E-state index in [1.807, 2.05) is 25.1 Å². The zero-order valence-corrected chi connectivity index (χ0v) is 13.0. The van der Waals surface area contributed by atoms with Crippen LogP contribution in [0.1, 0.15) is 29.5 Å². The Labute approximate surface area is 131 Å². The van der Waals surface area contributed by atoms with E-state index in [-0.39, 0.29) is 0 Å². The molecule has 1 fully saturated rings. The van der Waals surface area contributed by atoms with Gasteiger partial charge in [-0.3, -0.25) is 0 Å². The number of benzene rings is 2. The topological polar surface area (TPSA) is 21.3 Å². The minimum Gasteiger partial charge on any atom is -0.489 e. The summed E-state index contributed by atoms with van der Waals surface area (Å²) in [7, 11) is 0. The zero-order chi connectivity index (χ0) is 14.7. The Balaban J connectivity index is 1.64. The summed E-state index contributed by atoms with van der Waals surface area (Å²) < 4.78 is 5.90. The molecule has 0 amide bonds. The first-order valence-corrected chi connectivity index (χ1v) is 7.79. The van der Waals surface area contributed by atoms with Crippen LogP contribution in [0.5, 0.6) is 5.75 Å². The molecule has 0 radical (unpaired) electrons. The van der Waals surface area contributed by atoms with Gasteiger partial charge in [-0.15, -0.1) is 0 Å². The van der Waals surface area contributed by atoms with E-state index >= 15 is 0 Å².